The van der Waals surface area contributed by atoms with E-state index in [-0.39, 0.29) is 12.0 Å². The number of carbonyl (C=O) groups excluding carboxylic acids is 1. The van der Waals surface area contributed by atoms with Crippen LogP contribution in [0.3, 0.4) is 0 Å². The zero-order chi connectivity index (χ0) is 12.1. The topological polar surface area (TPSA) is 52.3 Å². The van der Waals surface area contributed by atoms with Crippen molar-refractivity contribution in [1.82, 2.24) is 0 Å². The molecule has 1 rings (SSSR count). The van der Waals surface area contributed by atoms with Crippen molar-refractivity contribution in [2.45, 2.75) is 13.3 Å². The van der Waals surface area contributed by atoms with Crippen LogP contribution in [0.5, 0.6) is 0 Å². The summed E-state index contributed by atoms with van der Waals surface area (Å²) < 4.78 is 17.8. The predicted octanol–water partition coefficient (Wildman–Crippen LogP) is 1.63. The van der Waals surface area contributed by atoms with Crippen LogP contribution in [0.15, 0.2) is 12.1 Å². The van der Waals surface area contributed by atoms with Crippen LogP contribution >= 0.6 is 0 Å². The SMILES string of the molecule is COC(=O)CC#Cc1cc(N)c(C)cc1F. The van der Waals surface area contributed by atoms with Gasteiger partial charge in [-0.15, -0.1) is 0 Å². The van der Waals surface area contributed by atoms with Gasteiger partial charge in [0.2, 0.25) is 0 Å². The lowest BCUT2D eigenvalue weighted by Crippen LogP contribution is -1.97. The van der Waals surface area contributed by atoms with Crippen LogP contribution in [0.4, 0.5) is 10.1 Å². The van der Waals surface area contributed by atoms with Crippen molar-refractivity contribution in [1.29, 1.82) is 0 Å². The van der Waals surface area contributed by atoms with Gasteiger partial charge in [-0.1, -0.05) is 11.8 Å². The number of benzene rings is 1. The first-order chi connectivity index (χ1) is 7.54. The molecule has 0 heterocycles. The van der Waals surface area contributed by atoms with Crippen LogP contribution in [0, 0.1) is 24.6 Å². The third-order valence-corrected chi connectivity index (χ3v) is 2.04. The van der Waals surface area contributed by atoms with Crippen LogP contribution in [-0.4, -0.2) is 13.1 Å². The maximum absolute atomic E-state index is 13.4. The molecule has 0 atom stereocenters. The van der Waals surface area contributed by atoms with E-state index in [4.69, 9.17) is 5.73 Å². The van der Waals surface area contributed by atoms with E-state index in [1.54, 1.807) is 6.92 Å². The van der Waals surface area contributed by atoms with Gasteiger partial charge in [-0.05, 0) is 24.6 Å². The van der Waals surface area contributed by atoms with Gasteiger partial charge in [0, 0.05) is 5.69 Å². The van der Waals surface area contributed by atoms with Crippen LogP contribution < -0.4 is 5.73 Å². The summed E-state index contributed by atoms with van der Waals surface area (Å²) in [4.78, 5) is 10.8. The highest BCUT2D eigenvalue weighted by molar-refractivity contribution is 5.72. The summed E-state index contributed by atoms with van der Waals surface area (Å²) in [5, 5.41) is 0. The molecule has 0 amide bonds. The minimum absolute atomic E-state index is 0.0658. The highest BCUT2D eigenvalue weighted by atomic mass is 19.1. The van der Waals surface area contributed by atoms with E-state index in [1.165, 1.54) is 19.2 Å². The summed E-state index contributed by atoms with van der Waals surface area (Å²) in [5.41, 5.74) is 6.95. The Morgan fingerprint density at radius 1 is 1.56 bits per heavy atom. The quantitative estimate of drug-likeness (QED) is 0.445. The van der Waals surface area contributed by atoms with Gasteiger partial charge in [-0.2, -0.15) is 0 Å². The first kappa shape index (κ1) is 12.1. The van der Waals surface area contributed by atoms with Gasteiger partial charge < -0.3 is 10.5 Å². The van der Waals surface area contributed by atoms with Crippen molar-refractivity contribution >= 4 is 11.7 Å². The summed E-state index contributed by atoms with van der Waals surface area (Å²) in [6.07, 6.45) is -0.0658. The molecule has 1 aromatic carbocycles. The Labute approximate surface area is 93.4 Å². The number of nitrogens with two attached hydrogens (primary N) is 1. The summed E-state index contributed by atoms with van der Waals surface area (Å²) in [6.45, 7) is 1.71. The Morgan fingerprint density at radius 3 is 2.88 bits per heavy atom. The summed E-state index contributed by atoms with van der Waals surface area (Å²) >= 11 is 0. The van der Waals surface area contributed by atoms with Crippen LogP contribution in [-0.2, 0) is 9.53 Å². The number of anilines is 1. The molecule has 0 saturated heterocycles. The molecule has 0 radical (unpaired) electrons. The number of ether oxygens (including phenoxy) is 1. The predicted molar refractivity (Wildman–Crippen MR) is 59.1 cm³/mol. The third kappa shape index (κ3) is 2.99. The molecular weight excluding hydrogens is 209 g/mol. The number of methoxy groups -OCH3 is 1. The van der Waals surface area contributed by atoms with Gasteiger partial charge in [0.15, 0.2) is 0 Å². The molecule has 3 nitrogen and oxygen atoms in total. The first-order valence-electron chi connectivity index (χ1n) is 4.66. The molecular formula is C12H12FNO2. The summed E-state index contributed by atoms with van der Waals surface area (Å²) in [5.74, 6) is 4.17. The zero-order valence-electron chi connectivity index (χ0n) is 9.13. The highest BCUT2D eigenvalue weighted by Crippen LogP contribution is 2.16. The molecule has 2 N–H and O–H groups in total. The second-order valence-corrected chi connectivity index (χ2v) is 3.24. The van der Waals surface area contributed by atoms with Crippen molar-refractivity contribution in [2.75, 3.05) is 12.8 Å². The Morgan fingerprint density at radius 2 is 2.25 bits per heavy atom. The Kier molecular flexibility index (Phi) is 3.90. The van der Waals surface area contributed by atoms with Crippen molar-refractivity contribution in [2.24, 2.45) is 0 Å². The van der Waals surface area contributed by atoms with Gasteiger partial charge in [-0.25, -0.2) is 4.39 Å². The molecule has 16 heavy (non-hydrogen) atoms. The molecule has 0 unspecified atom stereocenters. The lowest BCUT2D eigenvalue weighted by atomic mass is 10.1. The zero-order valence-corrected chi connectivity index (χ0v) is 9.13. The molecule has 0 saturated carbocycles. The second-order valence-electron chi connectivity index (χ2n) is 3.24. The molecule has 0 fully saturated rings. The van der Waals surface area contributed by atoms with E-state index in [0.717, 1.165) is 0 Å². The van der Waals surface area contributed by atoms with Crippen molar-refractivity contribution in [3.8, 4) is 11.8 Å². The minimum atomic E-state index is -0.451. The van der Waals surface area contributed by atoms with E-state index in [1.807, 2.05) is 0 Å². The maximum Gasteiger partial charge on any atom is 0.317 e. The Hall–Kier alpha value is -2.02. The fourth-order valence-corrected chi connectivity index (χ4v) is 1.07. The van der Waals surface area contributed by atoms with Crippen LogP contribution in [0.25, 0.3) is 0 Å². The van der Waals surface area contributed by atoms with Crippen molar-refractivity contribution in [3.05, 3.63) is 29.1 Å². The Balaban J connectivity index is 2.89. The largest absolute Gasteiger partial charge is 0.468 e. The van der Waals surface area contributed by atoms with Crippen molar-refractivity contribution < 1.29 is 13.9 Å². The number of nitrogen functional groups attached to an aromatic ring is 1. The van der Waals surface area contributed by atoms with E-state index in [0.29, 0.717) is 11.3 Å². The molecule has 84 valence electrons. The van der Waals surface area contributed by atoms with E-state index in [2.05, 4.69) is 16.6 Å². The number of esters is 1. The number of carbonyl (C=O) groups is 1. The fraction of sp³-hybridized carbons (Fsp3) is 0.250. The number of aryl methyl sites for hydroxylation is 1. The standard InChI is InChI=1S/C12H12FNO2/c1-8-6-10(13)9(7-11(8)14)4-3-5-12(15)16-2/h6-7H,5,14H2,1-2H3. The van der Waals surface area contributed by atoms with Gasteiger partial charge in [0.05, 0.1) is 12.7 Å². The first-order valence-corrected chi connectivity index (χ1v) is 4.66. The third-order valence-electron chi connectivity index (χ3n) is 2.04. The Bertz CT molecular complexity index is 472. The second kappa shape index (κ2) is 5.17. The smallest absolute Gasteiger partial charge is 0.317 e. The average molecular weight is 221 g/mol. The molecule has 0 bridgehead atoms. The molecule has 0 aromatic heterocycles. The lowest BCUT2D eigenvalue weighted by molar-refractivity contribution is -0.139. The molecule has 0 aliphatic rings. The summed E-state index contributed by atoms with van der Waals surface area (Å²) in [6, 6.07) is 2.77. The van der Waals surface area contributed by atoms with E-state index >= 15 is 0 Å². The maximum atomic E-state index is 13.4. The fourth-order valence-electron chi connectivity index (χ4n) is 1.07. The van der Waals surface area contributed by atoms with Crippen LogP contribution in [0.1, 0.15) is 17.5 Å². The number of hydrogen-bond donors (Lipinski definition) is 1. The van der Waals surface area contributed by atoms with Gasteiger partial charge >= 0.3 is 5.97 Å². The van der Waals surface area contributed by atoms with Gasteiger partial charge in [-0.3, -0.25) is 4.79 Å². The highest BCUT2D eigenvalue weighted by Gasteiger charge is 2.03. The number of rotatable bonds is 1. The van der Waals surface area contributed by atoms with E-state index in [9.17, 15) is 9.18 Å². The molecule has 4 heteroatoms. The number of hydrogen-bond acceptors (Lipinski definition) is 3. The lowest BCUT2D eigenvalue weighted by Gasteiger charge is -2.01. The molecule has 1 aromatic rings. The van der Waals surface area contributed by atoms with E-state index < -0.39 is 11.8 Å². The average Bonchev–Trinajstić information content (AvgIpc) is 2.25. The normalized spacial score (nSPS) is 9.19. The van der Waals surface area contributed by atoms with Crippen LogP contribution in [0.2, 0.25) is 0 Å². The molecule has 0 aliphatic heterocycles. The summed E-state index contributed by atoms with van der Waals surface area (Å²) in [7, 11) is 1.27. The molecule has 0 aliphatic carbocycles. The monoisotopic (exact) mass is 221 g/mol. The number of halogens is 1. The van der Waals surface area contributed by atoms with Gasteiger partial charge in [0.25, 0.3) is 0 Å². The minimum Gasteiger partial charge on any atom is -0.468 e. The van der Waals surface area contributed by atoms with Gasteiger partial charge in [0.1, 0.15) is 12.2 Å². The molecule has 0 spiro atoms. The van der Waals surface area contributed by atoms with Crippen molar-refractivity contribution in [3.63, 3.8) is 0 Å².